The molecule has 0 bridgehead atoms. The van der Waals surface area contributed by atoms with Crippen molar-refractivity contribution in [2.75, 3.05) is 18.5 Å². The highest BCUT2D eigenvalue weighted by Gasteiger charge is 2.08. The fraction of sp³-hybridized carbons (Fsp3) is 0.312. The zero-order valence-electron chi connectivity index (χ0n) is 11.9. The summed E-state index contributed by atoms with van der Waals surface area (Å²) in [5.74, 6) is 0. The molecule has 4 heteroatoms. The minimum absolute atomic E-state index is 0.675. The second-order valence-electron chi connectivity index (χ2n) is 4.95. The highest BCUT2D eigenvalue weighted by atomic mass is 79.9. The second-order valence-corrected chi connectivity index (χ2v) is 5.81. The van der Waals surface area contributed by atoms with Crippen molar-refractivity contribution in [3.63, 3.8) is 0 Å². The molecule has 0 saturated carbocycles. The molecule has 1 aromatic carbocycles. The number of nitrogens with two attached hydrogens (primary N) is 1. The van der Waals surface area contributed by atoms with Gasteiger partial charge >= 0.3 is 0 Å². The summed E-state index contributed by atoms with van der Waals surface area (Å²) in [6, 6.07) is 12.5. The summed E-state index contributed by atoms with van der Waals surface area (Å²) in [4.78, 5) is 6.73. The van der Waals surface area contributed by atoms with Crippen molar-refractivity contribution in [2.24, 2.45) is 5.73 Å². The number of nitrogens with zero attached hydrogens (tertiary/aromatic N) is 2. The first-order valence-corrected chi connectivity index (χ1v) is 7.51. The minimum atomic E-state index is 0.675. The number of aryl methyl sites for hydroxylation is 1. The van der Waals surface area contributed by atoms with Crippen molar-refractivity contribution in [2.45, 2.75) is 19.9 Å². The molecule has 20 heavy (non-hydrogen) atoms. The van der Waals surface area contributed by atoms with Crippen LogP contribution >= 0.6 is 15.9 Å². The quantitative estimate of drug-likeness (QED) is 0.912. The molecule has 0 saturated heterocycles. The predicted octanol–water partition coefficient (Wildman–Crippen LogP) is 3.29. The van der Waals surface area contributed by atoms with E-state index < -0.39 is 0 Å². The first kappa shape index (κ1) is 15.0. The zero-order chi connectivity index (χ0) is 14.5. The highest BCUT2D eigenvalue weighted by molar-refractivity contribution is 9.10. The molecule has 0 fully saturated rings. The lowest BCUT2D eigenvalue weighted by molar-refractivity contribution is 0.873. The molecule has 0 unspecified atom stereocenters. The lowest BCUT2D eigenvalue weighted by Crippen LogP contribution is -2.18. The van der Waals surface area contributed by atoms with Gasteiger partial charge in [0.1, 0.15) is 0 Å². The van der Waals surface area contributed by atoms with Crippen LogP contribution < -0.4 is 10.6 Å². The topological polar surface area (TPSA) is 42.1 Å². The van der Waals surface area contributed by atoms with Gasteiger partial charge in [-0.2, -0.15) is 0 Å². The minimum Gasteiger partial charge on any atom is -0.368 e. The Morgan fingerprint density at radius 2 is 2.05 bits per heavy atom. The van der Waals surface area contributed by atoms with Gasteiger partial charge < -0.3 is 10.6 Å². The highest BCUT2D eigenvalue weighted by Crippen LogP contribution is 2.27. The molecule has 0 aliphatic heterocycles. The second kappa shape index (κ2) is 6.86. The summed E-state index contributed by atoms with van der Waals surface area (Å²) in [5.41, 5.74) is 10.1. The van der Waals surface area contributed by atoms with Crippen LogP contribution in [0.4, 0.5) is 5.69 Å². The third kappa shape index (κ3) is 3.81. The van der Waals surface area contributed by atoms with Crippen LogP contribution in [-0.2, 0) is 13.0 Å². The van der Waals surface area contributed by atoms with E-state index in [4.69, 9.17) is 5.73 Å². The van der Waals surface area contributed by atoms with Gasteiger partial charge in [-0.25, -0.2) is 0 Å². The largest absolute Gasteiger partial charge is 0.368 e. The van der Waals surface area contributed by atoms with E-state index in [2.05, 4.69) is 57.1 Å². The fourth-order valence-electron chi connectivity index (χ4n) is 2.20. The molecule has 2 aromatic rings. The predicted molar refractivity (Wildman–Crippen MR) is 88.0 cm³/mol. The van der Waals surface area contributed by atoms with Gasteiger partial charge in [-0.05, 0) is 65.6 Å². The summed E-state index contributed by atoms with van der Waals surface area (Å²) in [6.45, 7) is 3.48. The summed E-state index contributed by atoms with van der Waals surface area (Å²) < 4.78 is 1.10. The molecule has 1 heterocycles. The summed E-state index contributed by atoms with van der Waals surface area (Å²) in [7, 11) is 2.08. The third-order valence-corrected chi connectivity index (χ3v) is 3.84. The third-order valence-electron chi connectivity index (χ3n) is 3.20. The van der Waals surface area contributed by atoms with Gasteiger partial charge in [0.15, 0.2) is 0 Å². The Morgan fingerprint density at radius 1 is 1.25 bits per heavy atom. The van der Waals surface area contributed by atoms with Crippen LogP contribution in [-0.4, -0.2) is 18.6 Å². The van der Waals surface area contributed by atoms with Crippen molar-refractivity contribution in [3.05, 3.63) is 57.8 Å². The maximum atomic E-state index is 5.59. The molecular formula is C16H20BrN3. The zero-order valence-corrected chi connectivity index (χ0v) is 13.5. The molecule has 0 spiro atoms. The van der Waals surface area contributed by atoms with Gasteiger partial charge in [-0.1, -0.05) is 12.1 Å². The molecule has 0 amide bonds. The molecule has 0 radical (unpaired) electrons. The number of rotatable bonds is 5. The van der Waals surface area contributed by atoms with E-state index >= 15 is 0 Å². The van der Waals surface area contributed by atoms with E-state index in [-0.39, 0.29) is 0 Å². The van der Waals surface area contributed by atoms with Crippen LogP contribution in [0.5, 0.6) is 0 Å². The van der Waals surface area contributed by atoms with E-state index in [1.165, 1.54) is 5.56 Å². The van der Waals surface area contributed by atoms with E-state index in [9.17, 15) is 0 Å². The van der Waals surface area contributed by atoms with Crippen molar-refractivity contribution in [1.82, 2.24) is 4.98 Å². The molecule has 2 rings (SSSR count). The molecule has 0 aliphatic carbocycles. The van der Waals surface area contributed by atoms with Gasteiger partial charge in [0, 0.05) is 17.2 Å². The van der Waals surface area contributed by atoms with Crippen LogP contribution in [0.1, 0.15) is 17.0 Å². The van der Waals surface area contributed by atoms with Crippen molar-refractivity contribution in [3.8, 4) is 0 Å². The summed E-state index contributed by atoms with van der Waals surface area (Å²) in [6.07, 6.45) is 0.905. The lowest BCUT2D eigenvalue weighted by Gasteiger charge is -2.21. The number of hydrogen-bond donors (Lipinski definition) is 1. The standard InChI is InChI=1S/C16H20BrN3/c1-12-4-3-5-14(19-12)11-20(2)16-7-6-13(8-9-18)10-15(16)17/h3-7,10H,8-9,11,18H2,1-2H3. The van der Waals surface area contributed by atoms with Crippen LogP contribution in [0.25, 0.3) is 0 Å². The lowest BCUT2D eigenvalue weighted by atomic mass is 10.1. The van der Waals surface area contributed by atoms with Crippen molar-refractivity contribution >= 4 is 21.6 Å². The van der Waals surface area contributed by atoms with Gasteiger partial charge in [-0.3, -0.25) is 4.98 Å². The van der Waals surface area contributed by atoms with E-state index in [1.54, 1.807) is 0 Å². The number of pyridine rings is 1. The first-order chi connectivity index (χ1) is 9.60. The average Bonchev–Trinajstić information content (AvgIpc) is 2.39. The van der Waals surface area contributed by atoms with Crippen LogP contribution in [0, 0.1) is 6.92 Å². The van der Waals surface area contributed by atoms with Crippen LogP contribution in [0.15, 0.2) is 40.9 Å². The number of hydrogen-bond acceptors (Lipinski definition) is 3. The Kier molecular flexibility index (Phi) is 5.15. The Bertz CT molecular complexity index is 584. The number of anilines is 1. The maximum Gasteiger partial charge on any atom is 0.0600 e. The molecule has 3 nitrogen and oxygen atoms in total. The average molecular weight is 334 g/mol. The molecule has 0 aliphatic rings. The maximum absolute atomic E-state index is 5.59. The van der Waals surface area contributed by atoms with Crippen LogP contribution in [0.3, 0.4) is 0 Å². The monoisotopic (exact) mass is 333 g/mol. The Hall–Kier alpha value is -1.39. The normalized spacial score (nSPS) is 10.6. The van der Waals surface area contributed by atoms with Crippen molar-refractivity contribution in [1.29, 1.82) is 0 Å². The Morgan fingerprint density at radius 3 is 2.70 bits per heavy atom. The van der Waals surface area contributed by atoms with Crippen LogP contribution in [0.2, 0.25) is 0 Å². The number of benzene rings is 1. The Balaban J connectivity index is 2.14. The van der Waals surface area contributed by atoms with Gasteiger partial charge in [0.05, 0.1) is 17.9 Å². The summed E-state index contributed by atoms with van der Waals surface area (Å²) >= 11 is 3.64. The first-order valence-electron chi connectivity index (χ1n) is 6.72. The van der Waals surface area contributed by atoms with Crippen molar-refractivity contribution < 1.29 is 0 Å². The summed E-state index contributed by atoms with van der Waals surface area (Å²) in [5, 5.41) is 0. The number of aromatic nitrogens is 1. The molecule has 2 N–H and O–H groups in total. The molecular weight excluding hydrogens is 314 g/mol. The van der Waals surface area contributed by atoms with E-state index in [0.717, 1.165) is 34.5 Å². The van der Waals surface area contributed by atoms with Gasteiger partial charge in [0.25, 0.3) is 0 Å². The molecule has 106 valence electrons. The Labute approximate surface area is 129 Å². The molecule has 0 atom stereocenters. The smallest absolute Gasteiger partial charge is 0.0600 e. The van der Waals surface area contributed by atoms with E-state index in [1.807, 2.05) is 19.1 Å². The fourth-order valence-corrected chi connectivity index (χ4v) is 2.93. The van der Waals surface area contributed by atoms with E-state index in [0.29, 0.717) is 6.54 Å². The van der Waals surface area contributed by atoms with Gasteiger partial charge in [0.2, 0.25) is 0 Å². The SMILES string of the molecule is Cc1cccc(CN(C)c2ccc(CCN)cc2Br)n1. The number of halogens is 1. The van der Waals surface area contributed by atoms with Gasteiger partial charge in [-0.15, -0.1) is 0 Å². The molecule has 1 aromatic heterocycles.